The van der Waals surface area contributed by atoms with E-state index in [1.165, 1.54) is 11.7 Å². The second-order valence-corrected chi connectivity index (χ2v) is 5.12. The van der Waals surface area contributed by atoms with E-state index in [1.54, 1.807) is 37.4 Å². The lowest BCUT2D eigenvalue weighted by molar-refractivity contribution is 0.0600. The number of halogens is 1. The Hall–Kier alpha value is -2.58. The maximum Gasteiger partial charge on any atom is 0.337 e. The highest BCUT2D eigenvalue weighted by atomic mass is 35.5. The molecule has 1 aromatic heterocycles. The molecule has 0 unspecified atom stereocenters. The molecular weight excluding hydrogens is 304 g/mol. The summed E-state index contributed by atoms with van der Waals surface area (Å²) in [6.45, 7) is 1.87. The third-order valence-corrected chi connectivity index (χ3v) is 3.66. The highest BCUT2D eigenvalue weighted by Crippen LogP contribution is 2.19. The number of methoxy groups -OCH3 is 1. The molecule has 0 spiro atoms. The molecule has 0 atom stereocenters. The fraction of sp³-hybridized carbons (Fsp3) is 0.188. The molecule has 6 heteroatoms. The molecule has 1 heterocycles. The van der Waals surface area contributed by atoms with Gasteiger partial charge >= 0.3 is 5.97 Å². The van der Waals surface area contributed by atoms with Gasteiger partial charge in [-0.05, 0) is 42.3 Å². The summed E-state index contributed by atoms with van der Waals surface area (Å²) in [5, 5.41) is 9.47. The van der Waals surface area contributed by atoms with Gasteiger partial charge in [0.25, 0.3) is 5.56 Å². The molecule has 0 aliphatic rings. The van der Waals surface area contributed by atoms with Crippen molar-refractivity contribution < 1.29 is 9.53 Å². The van der Waals surface area contributed by atoms with Gasteiger partial charge in [0, 0.05) is 11.2 Å². The average molecular weight is 317 g/mol. The molecule has 2 rings (SSSR count). The number of benzene rings is 1. The Morgan fingerprint density at radius 3 is 2.77 bits per heavy atom. The van der Waals surface area contributed by atoms with Crippen LogP contribution in [-0.4, -0.2) is 17.6 Å². The second-order valence-electron chi connectivity index (χ2n) is 4.72. The Morgan fingerprint density at radius 1 is 1.41 bits per heavy atom. The van der Waals surface area contributed by atoms with Crippen LogP contribution in [0, 0.1) is 18.3 Å². The number of nitrogens with zero attached hydrogens (tertiary/aromatic N) is 2. The number of esters is 1. The molecule has 2 aromatic rings. The van der Waals surface area contributed by atoms with Gasteiger partial charge in [-0.25, -0.2) is 4.79 Å². The van der Waals surface area contributed by atoms with Gasteiger partial charge in [-0.2, -0.15) is 5.26 Å². The zero-order valence-electron chi connectivity index (χ0n) is 12.1. The van der Waals surface area contributed by atoms with Gasteiger partial charge in [-0.15, -0.1) is 0 Å². The summed E-state index contributed by atoms with van der Waals surface area (Å²) in [4.78, 5) is 23.8. The largest absolute Gasteiger partial charge is 0.465 e. The van der Waals surface area contributed by atoms with Crippen LogP contribution in [0.15, 0.2) is 35.3 Å². The van der Waals surface area contributed by atoms with Gasteiger partial charge in [0.05, 0.1) is 19.2 Å². The van der Waals surface area contributed by atoms with Crippen molar-refractivity contribution in [2.45, 2.75) is 13.5 Å². The Bertz CT molecular complexity index is 834. The van der Waals surface area contributed by atoms with Crippen LogP contribution < -0.4 is 5.56 Å². The number of pyridine rings is 1. The maximum absolute atomic E-state index is 12.2. The smallest absolute Gasteiger partial charge is 0.337 e. The number of rotatable bonds is 3. The standard InChI is InChI=1S/C16H13ClN2O3/c1-10-5-6-19(15(20)13(10)8-18)9-12-7-11(16(21)22-2)3-4-14(12)17/h3-7H,9H2,1-2H3. The highest BCUT2D eigenvalue weighted by Gasteiger charge is 2.12. The van der Waals surface area contributed by atoms with Crippen molar-refractivity contribution in [2.24, 2.45) is 0 Å². The topological polar surface area (TPSA) is 72.1 Å². The number of carbonyl (C=O) groups is 1. The molecule has 112 valence electrons. The third kappa shape index (κ3) is 3.02. The van der Waals surface area contributed by atoms with Crippen molar-refractivity contribution in [1.82, 2.24) is 4.57 Å². The molecule has 0 saturated carbocycles. The van der Waals surface area contributed by atoms with Crippen LogP contribution in [0.5, 0.6) is 0 Å². The van der Waals surface area contributed by atoms with Crippen molar-refractivity contribution in [3.05, 3.63) is 68.1 Å². The maximum atomic E-state index is 12.2. The first-order valence-electron chi connectivity index (χ1n) is 6.44. The molecule has 0 amide bonds. The Balaban J connectivity index is 2.46. The number of aryl methyl sites for hydroxylation is 1. The minimum Gasteiger partial charge on any atom is -0.465 e. The summed E-state index contributed by atoms with van der Waals surface area (Å²) in [5.74, 6) is -0.480. The van der Waals surface area contributed by atoms with Crippen molar-refractivity contribution in [3.63, 3.8) is 0 Å². The average Bonchev–Trinajstić information content (AvgIpc) is 2.51. The van der Waals surface area contributed by atoms with Crippen molar-refractivity contribution in [1.29, 1.82) is 5.26 Å². The van der Waals surface area contributed by atoms with Gasteiger partial charge in [0.1, 0.15) is 11.6 Å². The highest BCUT2D eigenvalue weighted by molar-refractivity contribution is 6.31. The molecule has 1 aromatic carbocycles. The zero-order valence-corrected chi connectivity index (χ0v) is 12.8. The molecule has 0 radical (unpaired) electrons. The molecule has 22 heavy (non-hydrogen) atoms. The third-order valence-electron chi connectivity index (χ3n) is 3.29. The number of nitriles is 1. The number of hydrogen-bond donors (Lipinski definition) is 0. The van der Waals surface area contributed by atoms with Crippen molar-refractivity contribution >= 4 is 17.6 Å². The van der Waals surface area contributed by atoms with E-state index in [9.17, 15) is 9.59 Å². The van der Waals surface area contributed by atoms with Crippen LogP contribution in [-0.2, 0) is 11.3 Å². The van der Waals surface area contributed by atoms with E-state index >= 15 is 0 Å². The Kier molecular flexibility index (Phi) is 4.64. The van der Waals surface area contributed by atoms with Gasteiger partial charge in [-0.3, -0.25) is 4.79 Å². The normalized spacial score (nSPS) is 10.1. The van der Waals surface area contributed by atoms with Crippen LogP contribution in [0.1, 0.15) is 27.0 Å². The summed E-state index contributed by atoms with van der Waals surface area (Å²) < 4.78 is 6.05. The summed E-state index contributed by atoms with van der Waals surface area (Å²) in [5.41, 5.74) is 1.28. The first kappa shape index (κ1) is 15.8. The molecule has 0 N–H and O–H groups in total. The van der Waals surface area contributed by atoms with E-state index in [0.717, 1.165) is 0 Å². The summed E-state index contributed by atoms with van der Waals surface area (Å²) >= 11 is 6.12. The van der Waals surface area contributed by atoms with E-state index in [-0.39, 0.29) is 17.7 Å². The number of hydrogen-bond acceptors (Lipinski definition) is 4. The van der Waals surface area contributed by atoms with Crippen molar-refractivity contribution in [2.75, 3.05) is 7.11 Å². The number of aromatic nitrogens is 1. The van der Waals surface area contributed by atoms with Crippen LogP contribution >= 0.6 is 11.6 Å². The summed E-state index contributed by atoms with van der Waals surface area (Å²) in [7, 11) is 1.29. The quantitative estimate of drug-likeness (QED) is 0.816. The number of ether oxygens (including phenoxy) is 1. The van der Waals surface area contributed by atoms with Crippen molar-refractivity contribution in [3.8, 4) is 6.07 Å². The molecule has 0 aliphatic carbocycles. The van der Waals surface area contributed by atoms with Gasteiger partial charge in [0.2, 0.25) is 0 Å². The Morgan fingerprint density at radius 2 is 2.14 bits per heavy atom. The molecule has 0 fully saturated rings. The lowest BCUT2D eigenvalue weighted by Crippen LogP contribution is -2.23. The molecule has 5 nitrogen and oxygen atoms in total. The summed E-state index contributed by atoms with van der Waals surface area (Å²) in [6.07, 6.45) is 1.60. The molecule has 0 bridgehead atoms. The molecule has 0 aliphatic heterocycles. The van der Waals surface area contributed by atoms with E-state index in [0.29, 0.717) is 21.7 Å². The first-order chi connectivity index (χ1) is 10.5. The molecule has 0 saturated heterocycles. The van der Waals surface area contributed by atoms with Crippen LogP contribution in [0.4, 0.5) is 0 Å². The van der Waals surface area contributed by atoms with E-state index in [2.05, 4.69) is 4.74 Å². The first-order valence-corrected chi connectivity index (χ1v) is 6.82. The van der Waals surface area contributed by atoms with E-state index in [1.807, 2.05) is 6.07 Å². The van der Waals surface area contributed by atoms with Gasteiger partial charge < -0.3 is 9.30 Å². The van der Waals surface area contributed by atoms with Crippen LogP contribution in [0.2, 0.25) is 5.02 Å². The fourth-order valence-electron chi connectivity index (χ4n) is 2.05. The summed E-state index contributed by atoms with van der Waals surface area (Å²) in [6, 6.07) is 8.30. The molecular formula is C16H13ClN2O3. The predicted molar refractivity (Wildman–Crippen MR) is 82.0 cm³/mol. The number of carbonyl (C=O) groups excluding carboxylic acids is 1. The van der Waals surface area contributed by atoms with E-state index < -0.39 is 5.97 Å². The second kappa shape index (κ2) is 6.46. The fourth-order valence-corrected chi connectivity index (χ4v) is 2.23. The van der Waals surface area contributed by atoms with Gasteiger partial charge in [-0.1, -0.05) is 11.6 Å². The van der Waals surface area contributed by atoms with Gasteiger partial charge in [0.15, 0.2) is 0 Å². The monoisotopic (exact) mass is 316 g/mol. The minimum atomic E-state index is -0.480. The lowest BCUT2D eigenvalue weighted by Gasteiger charge is -2.10. The zero-order chi connectivity index (χ0) is 16.3. The minimum absolute atomic E-state index is 0.0998. The van der Waals surface area contributed by atoms with Crippen LogP contribution in [0.3, 0.4) is 0 Å². The van der Waals surface area contributed by atoms with Crippen LogP contribution in [0.25, 0.3) is 0 Å². The van der Waals surface area contributed by atoms with E-state index in [4.69, 9.17) is 16.9 Å². The lowest BCUT2D eigenvalue weighted by atomic mass is 10.1. The Labute approximate surface area is 132 Å². The predicted octanol–water partition coefficient (Wildman–Crippen LogP) is 2.52. The SMILES string of the molecule is COC(=O)c1ccc(Cl)c(Cn2ccc(C)c(C#N)c2=O)c1.